The molecule has 30 heavy (non-hydrogen) atoms. The van der Waals surface area contributed by atoms with E-state index in [9.17, 15) is 18.0 Å². The van der Waals surface area contributed by atoms with Crippen molar-refractivity contribution < 1.29 is 37.3 Å². The van der Waals surface area contributed by atoms with Gasteiger partial charge in [0.2, 0.25) is 5.91 Å². The standard InChI is InChI=1S/C18H26N2O3.C2HF3O2/c1-22-13-17(21)19-16-12-20(10-14-6-3-2-4-7-14)11-15-8-5-9-23-18(15)16;3-2(4,5)1(6)7/h2-4,6-7,15-16,18H,5,8-13H2,1H3,(H,19,21);(H,6,7)/t15-,16+,18-;/m0./s1. The zero-order valence-electron chi connectivity index (χ0n) is 16.7. The molecule has 3 rings (SSSR count). The van der Waals surface area contributed by atoms with Gasteiger partial charge in [-0.3, -0.25) is 9.69 Å². The molecule has 0 spiro atoms. The number of fused-ring (bicyclic) bond motifs is 1. The predicted octanol–water partition coefficient (Wildman–Crippen LogP) is 2.06. The maximum absolute atomic E-state index is 11.9. The number of carbonyl (C=O) groups is 2. The average Bonchev–Trinajstić information content (AvgIpc) is 2.69. The van der Waals surface area contributed by atoms with Crippen LogP contribution in [0.4, 0.5) is 13.2 Å². The largest absolute Gasteiger partial charge is 0.490 e. The molecular formula is C20H27F3N2O5. The fourth-order valence-corrected chi connectivity index (χ4v) is 3.77. The molecule has 7 nitrogen and oxygen atoms in total. The third-order valence-corrected chi connectivity index (χ3v) is 4.95. The number of piperidine rings is 1. The zero-order chi connectivity index (χ0) is 22.1. The Morgan fingerprint density at radius 3 is 2.53 bits per heavy atom. The highest BCUT2D eigenvalue weighted by molar-refractivity contribution is 5.77. The van der Waals surface area contributed by atoms with Gasteiger partial charge in [0.1, 0.15) is 6.61 Å². The number of benzene rings is 1. The molecule has 2 fully saturated rings. The van der Waals surface area contributed by atoms with Crippen LogP contribution in [0.1, 0.15) is 18.4 Å². The Bertz CT molecular complexity index is 687. The molecule has 1 amide bonds. The summed E-state index contributed by atoms with van der Waals surface area (Å²) in [6, 6.07) is 10.5. The molecule has 0 saturated carbocycles. The second-order valence-electron chi connectivity index (χ2n) is 7.33. The molecule has 2 aliphatic rings. The molecule has 2 saturated heterocycles. The summed E-state index contributed by atoms with van der Waals surface area (Å²) >= 11 is 0. The van der Waals surface area contributed by atoms with Gasteiger partial charge >= 0.3 is 12.1 Å². The van der Waals surface area contributed by atoms with Gasteiger partial charge in [-0.25, -0.2) is 4.79 Å². The molecule has 2 N–H and O–H groups in total. The van der Waals surface area contributed by atoms with E-state index in [2.05, 4.69) is 34.5 Å². The molecule has 0 aromatic heterocycles. The van der Waals surface area contributed by atoms with Gasteiger partial charge in [-0.1, -0.05) is 30.3 Å². The fourth-order valence-electron chi connectivity index (χ4n) is 3.77. The van der Waals surface area contributed by atoms with Crippen LogP contribution in [-0.4, -0.2) is 73.6 Å². The van der Waals surface area contributed by atoms with Crippen LogP contribution in [0.5, 0.6) is 0 Å². The summed E-state index contributed by atoms with van der Waals surface area (Å²) in [6.45, 7) is 3.69. The summed E-state index contributed by atoms with van der Waals surface area (Å²) in [5.74, 6) is -2.33. The molecule has 2 aliphatic heterocycles. The minimum absolute atomic E-state index is 0.0420. The number of nitrogens with zero attached hydrogens (tertiary/aromatic N) is 1. The van der Waals surface area contributed by atoms with Crippen LogP contribution in [0.3, 0.4) is 0 Å². The lowest BCUT2D eigenvalue weighted by molar-refractivity contribution is -0.192. The van der Waals surface area contributed by atoms with E-state index < -0.39 is 12.1 Å². The maximum atomic E-state index is 11.9. The van der Waals surface area contributed by atoms with Crippen LogP contribution in [0.2, 0.25) is 0 Å². The number of aliphatic carboxylic acids is 1. The van der Waals surface area contributed by atoms with Gasteiger partial charge in [0.25, 0.3) is 0 Å². The Kier molecular flexibility index (Phi) is 9.07. The van der Waals surface area contributed by atoms with E-state index in [0.717, 1.165) is 32.7 Å². The van der Waals surface area contributed by atoms with Gasteiger partial charge in [0.05, 0.1) is 12.1 Å². The molecule has 0 radical (unpaired) electrons. The number of hydrogen-bond acceptors (Lipinski definition) is 5. The Hall–Kier alpha value is -2.17. The summed E-state index contributed by atoms with van der Waals surface area (Å²) in [5.41, 5.74) is 1.31. The number of hydrogen-bond donors (Lipinski definition) is 2. The minimum Gasteiger partial charge on any atom is -0.475 e. The highest BCUT2D eigenvalue weighted by Crippen LogP contribution is 2.29. The number of nitrogens with one attached hydrogen (secondary N) is 1. The summed E-state index contributed by atoms with van der Waals surface area (Å²) < 4.78 is 42.7. The molecule has 0 bridgehead atoms. The molecule has 3 atom stereocenters. The highest BCUT2D eigenvalue weighted by Gasteiger charge is 2.40. The van der Waals surface area contributed by atoms with Crippen molar-refractivity contribution in [2.24, 2.45) is 5.92 Å². The normalized spacial score (nSPS) is 24.2. The van der Waals surface area contributed by atoms with Crippen molar-refractivity contribution >= 4 is 11.9 Å². The number of carbonyl (C=O) groups excluding carboxylic acids is 1. The monoisotopic (exact) mass is 432 g/mol. The number of carboxylic acids is 1. The summed E-state index contributed by atoms with van der Waals surface area (Å²) in [4.78, 5) is 23.3. The molecule has 1 aromatic rings. The van der Waals surface area contributed by atoms with E-state index in [0.29, 0.717) is 5.92 Å². The summed E-state index contributed by atoms with van der Waals surface area (Å²) in [5, 5.41) is 10.2. The Morgan fingerprint density at radius 2 is 1.93 bits per heavy atom. The van der Waals surface area contributed by atoms with Crippen molar-refractivity contribution in [1.82, 2.24) is 10.2 Å². The van der Waals surface area contributed by atoms with E-state index in [-0.39, 0.29) is 24.7 Å². The first-order chi connectivity index (χ1) is 14.2. The molecule has 10 heteroatoms. The second kappa shape index (κ2) is 11.3. The summed E-state index contributed by atoms with van der Waals surface area (Å²) in [6.07, 6.45) is -2.66. The van der Waals surface area contributed by atoms with Crippen molar-refractivity contribution in [1.29, 1.82) is 0 Å². The van der Waals surface area contributed by atoms with Gasteiger partial charge in [-0.2, -0.15) is 13.2 Å². The fraction of sp³-hybridized carbons (Fsp3) is 0.600. The maximum Gasteiger partial charge on any atom is 0.490 e. The first-order valence-corrected chi connectivity index (χ1v) is 9.67. The van der Waals surface area contributed by atoms with Gasteiger partial charge in [-0.05, 0) is 24.3 Å². The Morgan fingerprint density at radius 1 is 1.27 bits per heavy atom. The van der Waals surface area contributed by atoms with Gasteiger partial charge in [0, 0.05) is 33.4 Å². The number of alkyl halides is 3. The number of likely N-dealkylation sites (tertiary alicyclic amines) is 1. The smallest absolute Gasteiger partial charge is 0.475 e. The Labute approximate surface area is 173 Å². The van der Waals surface area contributed by atoms with Crippen molar-refractivity contribution in [3.8, 4) is 0 Å². The van der Waals surface area contributed by atoms with Crippen LogP contribution in [0.25, 0.3) is 0 Å². The first kappa shape index (κ1) is 24.1. The SMILES string of the molecule is COCC(=O)N[C@@H]1CN(Cc2ccccc2)C[C@@H]2CCCO[C@@H]21.O=C(O)C(F)(F)F. The number of halogens is 3. The highest BCUT2D eigenvalue weighted by atomic mass is 19.4. The van der Waals surface area contributed by atoms with Crippen LogP contribution in [0, 0.1) is 5.92 Å². The second-order valence-corrected chi connectivity index (χ2v) is 7.33. The van der Waals surface area contributed by atoms with Crippen LogP contribution >= 0.6 is 0 Å². The van der Waals surface area contributed by atoms with Crippen molar-refractivity contribution in [2.75, 3.05) is 33.4 Å². The first-order valence-electron chi connectivity index (χ1n) is 9.67. The van der Waals surface area contributed by atoms with E-state index in [1.165, 1.54) is 12.0 Å². The molecule has 0 unspecified atom stereocenters. The molecule has 168 valence electrons. The van der Waals surface area contributed by atoms with E-state index in [1.807, 2.05) is 6.07 Å². The predicted molar refractivity (Wildman–Crippen MR) is 102 cm³/mol. The minimum atomic E-state index is -5.08. The molecule has 1 aromatic carbocycles. The van der Waals surface area contributed by atoms with Crippen molar-refractivity contribution in [3.63, 3.8) is 0 Å². The molecule has 0 aliphatic carbocycles. The third kappa shape index (κ3) is 7.58. The quantitative estimate of drug-likeness (QED) is 0.741. The lowest BCUT2D eigenvalue weighted by atomic mass is 9.85. The summed E-state index contributed by atoms with van der Waals surface area (Å²) in [7, 11) is 1.54. The lowest BCUT2D eigenvalue weighted by Crippen LogP contribution is -2.61. The number of carboxylic acid groups (broad SMARTS) is 1. The number of rotatable bonds is 5. The van der Waals surface area contributed by atoms with Gasteiger partial charge < -0.3 is 19.9 Å². The zero-order valence-corrected chi connectivity index (χ0v) is 16.7. The van der Waals surface area contributed by atoms with Crippen molar-refractivity contribution in [3.05, 3.63) is 35.9 Å². The molecular weight excluding hydrogens is 405 g/mol. The van der Waals surface area contributed by atoms with Crippen molar-refractivity contribution in [2.45, 2.75) is 37.7 Å². The number of ether oxygens (including phenoxy) is 2. The van der Waals surface area contributed by atoms with E-state index in [1.54, 1.807) is 7.11 Å². The van der Waals surface area contributed by atoms with Gasteiger partial charge in [-0.15, -0.1) is 0 Å². The van der Waals surface area contributed by atoms with Crippen LogP contribution in [-0.2, 0) is 25.6 Å². The molecule has 2 heterocycles. The van der Waals surface area contributed by atoms with Crippen LogP contribution < -0.4 is 5.32 Å². The Balaban J connectivity index is 0.000000396. The number of methoxy groups -OCH3 is 1. The van der Waals surface area contributed by atoms with E-state index >= 15 is 0 Å². The average molecular weight is 432 g/mol. The third-order valence-electron chi connectivity index (χ3n) is 4.95. The lowest BCUT2D eigenvalue weighted by Gasteiger charge is -2.46. The topological polar surface area (TPSA) is 88.1 Å². The van der Waals surface area contributed by atoms with Crippen LogP contribution in [0.15, 0.2) is 30.3 Å². The van der Waals surface area contributed by atoms with Gasteiger partial charge in [0.15, 0.2) is 0 Å². The number of amides is 1. The van der Waals surface area contributed by atoms with E-state index in [4.69, 9.17) is 19.4 Å².